The fraction of sp³-hybridized carbons (Fsp3) is 0.300. The summed E-state index contributed by atoms with van der Waals surface area (Å²) in [5, 5.41) is 20.0. The molecule has 0 radical (unpaired) electrons. The highest BCUT2D eigenvalue weighted by molar-refractivity contribution is 5.97. The first-order valence-electron chi connectivity index (χ1n) is 4.68. The largest absolute Gasteiger partial charge is 0.493 e. The van der Waals surface area contributed by atoms with Crippen LogP contribution in [0.15, 0.2) is 6.07 Å². The molecule has 1 rings (SSSR count). The van der Waals surface area contributed by atoms with Gasteiger partial charge in [0, 0.05) is 0 Å². The summed E-state index contributed by atoms with van der Waals surface area (Å²) in [5.74, 6) is -1.98. The molecule has 0 saturated heterocycles. The molecule has 0 fully saturated rings. The number of hydrogen-bond acceptors (Lipinski definition) is 6. The highest BCUT2D eigenvalue weighted by atomic mass is 16.6. The third-order valence-electron chi connectivity index (χ3n) is 2.22. The van der Waals surface area contributed by atoms with Crippen LogP contribution in [0.5, 0.6) is 17.2 Å². The van der Waals surface area contributed by atoms with Gasteiger partial charge < -0.3 is 19.3 Å². The summed E-state index contributed by atoms with van der Waals surface area (Å²) < 4.78 is 14.5. The SMILES string of the molecule is COc1cc([N+](=O)[O-])c(OC)c(C(=O)O)c1OC. The molecule has 0 atom stereocenters. The minimum Gasteiger partial charge on any atom is -0.493 e. The minimum absolute atomic E-state index is 0.0533. The second-order valence-corrected chi connectivity index (χ2v) is 3.10. The van der Waals surface area contributed by atoms with Gasteiger partial charge in [0.2, 0.25) is 5.75 Å². The van der Waals surface area contributed by atoms with E-state index in [9.17, 15) is 14.9 Å². The zero-order chi connectivity index (χ0) is 13.9. The molecule has 0 aliphatic rings. The van der Waals surface area contributed by atoms with Crippen LogP contribution in [0.1, 0.15) is 10.4 Å². The van der Waals surface area contributed by atoms with Gasteiger partial charge in [-0.25, -0.2) is 4.79 Å². The van der Waals surface area contributed by atoms with Crippen molar-refractivity contribution in [1.82, 2.24) is 0 Å². The van der Waals surface area contributed by atoms with Crippen molar-refractivity contribution in [2.75, 3.05) is 21.3 Å². The Labute approximate surface area is 102 Å². The molecule has 0 unspecified atom stereocenters. The first kappa shape index (κ1) is 13.6. The maximum absolute atomic E-state index is 11.2. The van der Waals surface area contributed by atoms with Crippen LogP contribution in [-0.4, -0.2) is 37.3 Å². The van der Waals surface area contributed by atoms with Crippen LogP contribution < -0.4 is 14.2 Å². The van der Waals surface area contributed by atoms with E-state index in [0.29, 0.717) is 0 Å². The van der Waals surface area contributed by atoms with Crippen LogP contribution in [0.25, 0.3) is 0 Å². The monoisotopic (exact) mass is 257 g/mol. The molecule has 0 aromatic heterocycles. The van der Waals surface area contributed by atoms with Gasteiger partial charge in [0.25, 0.3) is 0 Å². The lowest BCUT2D eigenvalue weighted by atomic mass is 10.1. The fourth-order valence-electron chi connectivity index (χ4n) is 1.50. The van der Waals surface area contributed by atoms with Gasteiger partial charge in [0.15, 0.2) is 17.1 Å². The zero-order valence-electron chi connectivity index (χ0n) is 9.92. The van der Waals surface area contributed by atoms with Gasteiger partial charge in [0.1, 0.15) is 0 Å². The molecule has 0 bridgehead atoms. The van der Waals surface area contributed by atoms with Crippen molar-refractivity contribution < 1.29 is 29.0 Å². The molecule has 1 aromatic rings. The predicted octanol–water partition coefficient (Wildman–Crippen LogP) is 1.32. The smallest absolute Gasteiger partial charge is 0.343 e. The van der Waals surface area contributed by atoms with Crippen molar-refractivity contribution in [1.29, 1.82) is 0 Å². The summed E-state index contributed by atoms with van der Waals surface area (Å²) in [7, 11) is 3.62. The van der Waals surface area contributed by atoms with E-state index in [1.54, 1.807) is 0 Å². The molecule has 0 saturated carbocycles. The number of carbonyl (C=O) groups is 1. The van der Waals surface area contributed by atoms with Crippen LogP contribution in [0.3, 0.4) is 0 Å². The molecule has 0 amide bonds. The van der Waals surface area contributed by atoms with E-state index in [1.165, 1.54) is 14.2 Å². The van der Waals surface area contributed by atoms with Gasteiger partial charge in [-0.15, -0.1) is 0 Å². The molecule has 0 spiro atoms. The molecule has 8 heteroatoms. The van der Waals surface area contributed by atoms with E-state index in [1.807, 2.05) is 0 Å². The molecule has 0 aliphatic heterocycles. The van der Waals surface area contributed by atoms with Crippen molar-refractivity contribution in [2.24, 2.45) is 0 Å². The van der Waals surface area contributed by atoms with Crippen LogP contribution in [0, 0.1) is 10.1 Å². The number of carboxylic acid groups (broad SMARTS) is 1. The second kappa shape index (κ2) is 5.21. The van der Waals surface area contributed by atoms with Crippen molar-refractivity contribution in [2.45, 2.75) is 0 Å². The topological polar surface area (TPSA) is 108 Å². The molecule has 18 heavy (non-hydrogen) atoms. The molecular weight excluding hydrogens is 246 g/mol. The Hall–Kier alpha value is -2.51. The summed E-state index contributed by atoms with van der Waals surface area (Å²) in [6.07, 6.45) is 0. The zero-order valence-corrected chi connectivity index (χ0v) is 9.92. The quantitative estimate of drug-likeness (QED) is 0.625. The van der Waals surface area contributed by atoms with Crippen LogP contribution in [-0.2, 0) is 0 Å². The van der Waals surface area contributed by atoms with Gasteiger partial charge >= 0.3 is 11.7 Å². The van der Waals surface area contributed by atoms with Crippen molar-refractivity contribution in [3.63, 3.8) is 0 Å². The summed E-state index contributed by atoms with van der Waals surface area (Å²) in [6.45, 7) is 0. The minimum atomic E-state index is -1.41. The average molecular weight is 257 g/mol. The van der Waals surface area contributed by atoms with Crippen LogP contribution in [0.4, 0.5) is 5.69 Å². The maximum atomic E-state index is 11.2. The van der Waals surface area contributed by atoms with E-state index in [-0.39, 0.29) is 17.2 Å². The Morgan fingerprint density at radius 1 is 1.22 bits per heavy atom. The summed E-state index contributed by atoms with van der Waals surface area (Å²) in [6, 6.07) is 1.05. The first-order valence-corrected chi connectivity index (χ1v) is 4.68. The van der Waals surface area contributed by atoms with Gasteiger partial charge in [-0.2, -0.15) is 0 Å². The number of benzene rings is 1. The Morgan fingerprint density at radius 3 is 2.11 bits per heavy atom. The van der Waals surface area contributed by atoms with Gasteiger partial charge in [-0.05, 0) is 0 Å². The maximum Gasteiger partial charge on any atom is 0.343 e. The highest BCUT2D eigenvalue weighted by Crippen LogP contribution is 2.43. The number of nitro groups is 1. The average Bonchev–Trinajstić information content (AvgIpc) is 2.35. The van der Waals surface area contributed by atoms with Crippen molar-refractivity contribution in [3.8, 4) is 17.2 Å². The summed E-state index contributed by atoms with van der Waals surface area (Å²) >= 11 is 0. The van der Waals surface area contributed by atoms with E-state index >= 15 is 0 Å². The number of methoxy groups -OCH3 is 3. The second-order valence-electron chi connectivity index (χ2n) is 3.10. The molecule has 1 aromatic carbocycles. The van der Waals surface area contributed by atoms with Gasteiger partial charge in [0.05, 0.1) is 32.3 Å². The van der Waals surface area contributed by atoms with E-state index in [4.69, 9.17) is 19.3 Å². The molecule has 8 nitrogen and oxygen atoms in total. The number of aromatic carboxylic acids is 1. The molecule has 98 valence electrons. The molecule has 1 N–H and O–H groups in total. The van der Waals surface area contributed by atoms with E-state index in [0.717, 1.165) is 13.2 Å². The van der Waals surface area contributed by atoms with Gasteiger partial charge in [-0.1, -0.05) is 0 Å². The third kappa shape index (κ3) is 2.12. The normalized spacial score (nSPS) is 9.72. The Balaban J connectivity index is 3.75. The number of carboxylic acids is 1. The van der Waals surface area contributed by atoms with Gasteiger partial charge in [-0.3, -0.25) is 10.1 Å². The van der Waals surface area contributed by atoms with Crippen LogP contribution in [0.2, 0.25) is 0 Å². The number of nitrogens with zero attached hydrogens (tertiary/aromatic N) is 1. The lowest BCUT2D eigenvalue weighted by Gasteiger charge is -2.13. The summed E-state index contributed by atoms with van der Waals surface area (Å²) in [4.78, 5) is 21.3. The first-order chi connectivity index (χ1) is 8.47. The Kier molecular flexibility index (Phi) is 3.93. The number of hydrogen-bond donors (Lipinski definition) is 1. The fourth-order valence-corrected chi connectivity index (χ4v) is 1.50. The third-order valence-corrected chi connectivity index (χ3v) is 2.22. The Morgan fingerprint density at radius 2 is 1.78 bits per heavy atom. The van der Waals surface area contributed by atoms with E-state index in [2.05, 4.69) is 0 Å². The number of ether oxygens (including phenoxy) is 3. The van der Waals surface area contributed by atoms with Crippen molar-refractivity contribution in [3.05, 3.63) is 21.7 Å². The van der Waals surface area contributed by atoms with Crippen LogP contribution >= 0.6 is 0 Å². The van der Waals surface area contributed by atoms with E-state index < -0.39 is 22.1 Å². The lowest BCUT2D eigenvalue weighted by Crippen LogP contribution is -2.07. The lowest BCUT2D eigenvalue weighted by molar-refractivity contribution is -0.385. The van der Waals surface area contributed by atoms with Crippen molar-refractivity contribution >= 4 is 11.7 Å². The standard InChI is InChI=1S/C10H11NO7/c1-16-6-4-5(11(14)15)8(17-2)7(10(12)13)9(6)18-3/h4H,1-3H3,(H,12,13). The molecule has 0 heterocycles. The number of nitro benzene ring substituents is 1. The molecule has 0 aliphatic carbocycles. The Bertz CT molecular complexity index is 497. The number of rotatable bonds is 5. The molecular formula is C10H11NO7. The predicted molar refractivity (Wildman–Crippen MR) is 59.7 cm³/mol. The summed E-state index contributed by atoms with van der Waals surface area (Å²) in [5.41, 5.74) is -0.960. The highest BCUT2D eigenvalue weighted by Gasteiger charge is 2.30.